The van der Waals surface area contributed by atoms with Crippen LogP contribution in [0.1, 0.15) is 44.7 Å². The molecular weight excluding hydrogens is 282 g/mol. The van der Waals surface area contributed by atoms with E-state index in [-0.39, 0.29) is 5.97 Å². The van der Waals surface area contributed by atoms with E-state index in [2.05, 4.69) is 30.4 Å². The summed E-state index contributed by atoms with van der Waals surface area (Å²) in [5.74, 6) is 0.195. The second kappa shape index (κ2) is 6.84. The van der Waals surface area contributed by atoms with Crippen molar-refractivity contribution < 1.29 is 9.53 Å². The molecule has 21 heavy (non-hydrogen) atoms. The van der Waals surface area contributed by atoms with E-state index >= 15 is 0 Å². The van der Waals surface area contributed by atoms with E-state index in [1.54, 1.807) is 0 Å². The third-order valence-corrected chi connectivity index (χ3v) is 4.22. The van der Waals surface area contributed by atoms with Crippen molar-refractivity contribution >= 4 is 17.7 Å². The zero-order chi connectivity index (χ0) is 15.5. The highest BCUT2D eigenvalue weighted by Crippen LogP contribution is 2.24. The highest BCUT2D eigenvalue weighted by Gasteiger charge is 2.20. The van der Waals surface area contributed by atoms with Crippen LogP contribution < -0.4 is 5.32 Å². The van der Waals surface area contributed by atoms with Crippen molar-refractivity contribution in [1.29, 1.82) is 0 Å². The molecule has 1 N–H and O–H groups in total. The minimum atomic E-state index is -0.411. The highest BCUT2D eigenvalue weighted by molar-refractivity contribution is 8.00. The van der Waals surface area contributed by atoms with Gasteiger partial charge in [0, 0.05) is 17.5 Å². The molecule has 0 amide bonds. The van der Waals surface area contributed by atoms with E-state index in [1.807, 2.05) is 20.8 Å². The molecule has 1 aromatic carbocycles. The topological polar surface area (TPSA) is 38.3 Å². The maximum atomic E-state index is 11.7. The zero-order valence-corrected chi connectivity index (χ0v) is 14.2. The molecule has 0 radical (unpaired) electrons. The Bertz CT molecular complexity index is 504. The first-order chi connectivity index (χ1) is 9.83. The Hall–Kier alpha value is -1.00. The number of rotatable bonds is 6. The fourth-order valence-electron chi connectivity index (χ4n) is 2.01. The number of benzene rings is 1. The number of thioether (sulfide) groups is 1. The van der Waals surface area contributed by atoms with Crippen LogP contribution in [-0.4, -0.2) is 23.4 Å². The second-order valence-electron chi connectivity index (χ2n) is 6.62. The summed E-state index contributed by atoms with van der Waals surface area (Å²) in [7, 11) is 0. The van der Waals surface area contributed by atoms with Crippen LogP contribution in [0.2, 0.25) is 0 Å². The van der Waals surface area contributed by atoms with Gasteiger partial charge in [-0.05, 0) is 63.8 Å². The molecule has 1 saturated carbocycles. The van der Waals surface area contributed by atoms with Gasteiger partial charge < -0.3 is 10.1 Å². The first-order valence-electron chi connectivity index (χ1n) is 7.51. The van der Waals surface area contributed by atoms with E-state index in [0.29, 0.717) is 5.75 Å². The van der Waals surface area contributed by atoms with Crippen molar-refractivity contribution in [2.75, 3.05) is 5.75 Å². The minimum Gasteiger partial charge on any atom is -0.459 e. The standard InChI is InChI=1S/C17H25NO2S/c1-12-9-15(21-11-16(19)20-17(2,3)4)8-5-13(12)10-18-14-6-7-14/h5,8-9,14,18H,6-7,10-11H2,1-4H3. The predicted octanol–water partition coefficient (Wildman–Crippen LogP) is 3.68. The van der Waals surface area contributed by atoms with E-state index in [4.69, 9.17) is 4.74 Å². The lowest BCUT2D eigenvalue weighted by molar-refractivity contribution is -0.151. The quantitative estimate of drug-likeness (QED) is 0.643. The average molecular weight is 307 g/mol. The third-order valence-electron chi connectivity index (χ3n) is 3.25. The molecule has 0 heterocycles. The number of aryl methyl sites for hydroxylation is 1. The number of carbonyl (C=O) groups is 1. The van der Waals surface area contributed by atoms with Crippen molar-refractivity contribution in [3.8, 4) is 0 Å². The summed E-state index contributed by atoms with van der Waals surface area (Å²) < 4.78 is 5.32. The monoisotopic (exact) mass is 307 g/mol. The molecule has 2 rings (SSSR count). The molecular formula is C17H25NO2S. The number of nitrogens with one attached hydrogen (secondary N) is 1. The Morgan fingerprint density at radius 1 is 1.38 bits per heavy atom. The van der Waals surface area contributed by atoms with Gasteiger partial charge in [-0.2, -0.15) is 0 Å². The largest absolute Gasteiger partial charge is 0.459 e. The molecule has 0 aliphatic heterocycles. The Kier molecular flexibility index (Phi) is 5.33. The third kappa shape index (κ3) is 6.10. The Labute approximate surface area is 131 Å². The van der Waals surface area contributed by atoms with Gasteiger partial charge in [0.05, 0.1) is 5.75 Å². The molecule has 1 aromatic rings. The first-order valence-corrected chi connectivity index (χ1v) is 8.49. The molecule has 1 fully saturated rings. The molecule has 0 spiro atoms. The summed E-state index contributed by atoms with van der Waals surface area (Å²) in [5.41, 5.74) is 2.20. The van der Waals surface area contributed by atoms with E-state index in [0.717, 1.165) is 17.5 Å². The molecule has 0 atom stereocenters. The maximum Gasteiger partial charge on any atom is 0.316 e. The van der Waals surface area contributed by atoms with Crippen molar-refractivity contribution in [1.82, 2.24) is 5.32 Å². The fraction of sp³-hybridized carbons (Fsp3) is 0.588. The maximum absolute atomic E-state index is 11.7. The van der Waals surface area contributed by atoms with Crippen LogP contribution in [0.5, 0.6) is 0 Å². The Balaban J connectivity index is 1.83. The van der Waals surface area contributed by atoms with Crippen LogP contribution in [0.3, 0.4) is 0 Å². The lowest BCUT2D eigenvalue weighted by Crippen LogP contribution is -2.24. The number of esters is 1. The normalized spacial score (nSPS) is 15.0. The van der Waals surface area contributed by atoms with Crippen LogP contribution in [0.15, 0.2) is 23.1 Å². The smallest absolute Gasteiger partial charge is 0.316 e. The average Bonchev–Trinajstić information content (AvgIpc) is 3.17. The van der Waals surface area contributed by atoms with Crippen LogP contribution >= 0.6 is 11.8 Å². The number of hydrogen-bond acceptors (Lipinski definition) is 4. The number of carbonyl (C=O) groups excluding carboxylic acids is 1. The van der Waals surface area contributed by atoms with Gasteiger partial charge >= 0.3 is 5.97 Å². The molecule has 1 aliphatic rings. The lowest BCUT2D eigenvalue weighted by Gasteiger charge is -2.19. The van der Waals surface area contributed by atoms with Gasteiger partial charge in [0.15, 0.2) is 0 Å². The van der Waals surface area contributed by atoms with Gasteiger partial charge in [-0.15, -0.1) is 11.8 Å². The highest BCUT2D eigenvalue weighted by atomic mass is 32.2. The Morgan fingerprint density at radius 2 is 2.10 bits per heavy atom. The predicted molar refractivity (Wildman–Crippen MR) is 87.6 cm³/mol. The zero-order valence-electron chi connectivity index (χ0n) is 13.4. The molecule has 0 aromatic heterocycles. The summed E-state index contributed by atoms with van der Waals surface area (Å²) in [4.78, 5) is 12.8. The van der Waals surface area contributed by atoms with Gasteiger partial charge in [0.2, 0.25) is 0 Å². The SMILES string of the molecule is Cc1cc(SCC(=O)OC(C)(C)C)ccc1CNC1CC1. The molecule has 0 unspecified atom stereocenters. The van der Waals surface area contributed by atoms with Crippen LogP contribution in [-0.2, 0) is 16.1 Å². The molecule has 116 valence electrons. The molecule has 3 nitrogen and oxygen atoms in total. The summed E-state index contributed by atoms with van der Waals surface area (Å²) in [6.45, 7) is 8.74. The van der Waals surface area contributed by atoms with Crippen molar-refractivity contribution in [2.45, 2.75) is 63.6 Å². The van der Waals surface area contributed by atoms with Gasteiger partial charge in [0.1, 0.15) is 5.60 Å². The number of ether oxygens (including phenoxy) is 1. The van der Waals surface area contributed by atoms with E-state index in [9.17, 15) is 4.79 Å². The summed E-state index contributed by atoms with van der Waals surface area (Å²) in [5, 5.41) is 3.53. The van der Waals surface area contributed by atoms with Crippen molar-refractivity contribution in [3.05, 3.63) is 29.3 Å². The van der Waals surface area contributed by atoms with Crippen molar-refractivity contribution in [3.63, 3.8) is 0 Å². The number of hydrogen-bond donors (Lipinski definition) is 1. The molecule has 0 bridgehead atoms. The van der Waals surface area contributed by atoms with Gasteiger partial charge in [0.25, 0.3) is 0 Å². The minimum absolute atomic E-state index is 0.162. The summed E-state index contributed by atoms with van der Waals surface area (Å²) >= 11 is 1.53. The van der Waals surface area contributed by atoms with Gasteiger partial charge in [-0.25, -0.2) is 0 Å². The fourth-order valence-corrected chi connectivity index (χ4v) is 2.78. The van der Waals surface area contributed by atoms with Crippen LogP contribution in [0.25, 0.3) is 0 Å². The van der Waals surface area contributed by atoms with E-state index < -0.39 is 5.60 Å². The summed E-state index contributed by atoms with van der Waals surface area (Å²) in [6, 6.07) is 7.12. The van der Waals surface area contributed by atoms with E-state index in [1.165, 1.54) is 35.7 Å². The van der Waals surface area contributed by atoms with Crippen molar-refractivity contribution in [2.24, 2.45) is 0 Å². The molecule has 1 aliphatic carbocycles. The molecule has 4 heteroatoms. The first kappa shape index (κ1) is 16.4. The van der Waals surface area contributed by atoms with Crippen LogP contribution in [0.4, 0.5) is 0 Å². The summed E-state index contributed by atoms with van der Waals surface area (Å²) in [6.07, 6.45) is 2.62. The molecule has 0 saturated heterocycles. The van der Waals surface area contributed by atoms with Gasteiger partial charge in [-0.3, -0.25) is 4.79 Å². The lowest BCUT2D eigenvalue weighted by atomic mass is 10.1. The second-order valence-corrected chi connectivity index (χ2v) is 7.67. The Morgan fingerprint density at radius 3 is 2.67 bits per heavy atom. The van der Waals surface area contributed by atoms with Crippen LogP contribution in [0, 0.1) is 6.92 Å². The van der Waals surface area contributed by atoms with Gasteiger partial charge in [-0.1, -0.05) is 6.07 Å².